The second-order valence-electron chi connectivity index (χ2n) is 6.50. The molecule has 1 unspecified atom stereocenters. The average molecular weight is 310 g/mol. The van der Waals surface area contributed by atoms with Crippen LogP contribution in [0.4, 0.5) is 0 Å². The highest BCUT2D eigenvalue weighted by molar-refractivity contribution is 8.00. The van der Waals surface area contributed by atoms with Gasteiger partial charge in [0.1, 0.15) is 0 Å². The van der Waals surface area contributed by atoms with Crippen molar-refractivity contribution >= 4 is 17.7 Å². The summed E-state index contributed by atoms with van der Waals surface area (Å²) in [4.78, 5) is 18.6. The minimum absolute atomic E-state index is 0.0407. The maximum atomic E-state index is 12.6. The molecule has 0 aliphatic rings. The van der Waals surface area contributed by atoms with Crippen molar-refractivity contribution in [2.24, 2.45) is 0 Å². The Morgan fingerprint density at radius 1 is 1.38 bits per heavy atom. The first-order valence-electron chi connectivity index (χ1n) is 7.24. The van der Waals surface area contributed by atoms with Crippen molar-refractivity contribution in [1.29, 1.82) is 0 Å². The largest absolute Gasteiger partial charge is 0.392 e. The van der Waals surface area contributed by atoms with E-state index in [1.54, 1.807) is 35.8 Å². The molecular weight excluding hydrogens is 284 g/mol. The first-order valence-corrected chi connectivity index (χ1v) is 8.06. The van der Waals surface area contributed by atoms with E-state index in [0.29, 0.717) is 12.1 Å². The quantitative estimate of drug-likeness (QED) is 0.849. The van der Waals surface area contributed by atoms with Gasteiger partial charge in [-0.25, -0.2) is 4.98 Å². The fourth-order valence-corrected chi connectivity index (χ4v) is 2.82. The van der Waals surface area contributed by atoms with Gasteiger partial charge < -0.3 is 10.0 Å². The lowest BCUT2D eigenvalue weighted by molar-refractivity contribution is 0.0578. The van der Waals surface area contributed by atoms with E-state index in [4.69, 9.17) is 0 Å². The summed E-state index contributed by atoms with van der Waals surface area (Å²) in [5.41, 5.74) is 0.617. The first-order chi connectivity index (χ1) is 9.60. The second-order valence-corrected chi connectivity index (χ2v) is 8.34. The predicted octanol–water partition coefficient (Wildman–Crippen LogP) is 3.20. The first kappa shape index (κ1) is 18.0. The zero-order valence-corrected chi connectivity index (χ0v) is 14.6. The molecule has 0 aliphatic heterocycles. The number of aliphatic hydroxyl groups excluding tert-OH is 1. The topological polar surface area (TPSA) is 53.4 Å². The number of thioether (sulfide) groups is 1. The molecule has 1 N–H and O–H groups in total. The number of aromatic nitrogens is 1. The van der Waals surface area contributed by atoms with E-state index in [1.807, 2.05) is 19.9 Å². The summed E-state index contributed by atoms with van der Waals surface area (Å²) in [5.74, 6) is -0.0657. The van der Waals surface area contributed by atoms with E-state index in [2.05, 4.69) is 25.8 Å². The summed E-state index contributed by atoms with van der Waals surface area (Å²) >= 11 is 1.64. The number of hydrogen-bond acceptors (Lipinski definition) is 4. The lowest BCUT2D eigenvalue weighted by Crippen LogP contribution is -2.41. The third-order valence-corrected chi connectivity index (χ3v) is 3.78. The van der Waals surface area contributed by atoms with Gasteiger partial charge in [-0.2, -0.15) is 0 Å². The molecule has 0 saturated carbocycles. The summed E-state index contributed by atoms with van der Waals surface area (Å²) in [6.07, 6.45) is 1.13. The molecule has 0 fully saturated rings. The Kier molecular flexibility index (Phi) is 6.23. The minimum Gasteiger partial charge on any atom is -0.392 e. The van der Waals surface area contributed by atoms with Crippen molar-refractivity contribution in [3.8, 4) is 0 Å². The molecule has 0 bridgehead atoms. The summed E-state index contributed by atoms with van der Waals surface area (Å²) in [6.45, 7) is 12.3. The van der Waals surface area contributed by atoms with Gasteiger partial charge in [-0.15, -0.1) is 11.8 Å². The van der Waals surface area contributed by atoms with Crippen LogP contribution >= 0.6 is 11.8 Å². The average Bonchev–Trinajstić information content (AvgIpc) is 2.33. The highest BCUT2D eigenvalue weighted by Gasteiger charge is 2.21. The molecule has 1 heterocycles. The van der Waals surface area contributed by atoms with Crippen LogP contribution in [0.2, 0.25) is 0 Å². The van der Waals surface area contributed by atoms with Gasteiger partial charge in [0.25, 0.3) is 5.91 Å². The normalized spacial score (nSPS) is 13.3. The van der Waals surface area contributed by atoms with E-state index in [0.717, 1.165) is 5.03 Å². The zero-order chi connectivity index (χ0) is 16.2. The maximum absolute atomic E-state index is 12.6. The van der Waals surface area contributed by atoms with Crippen LogP contribution in [0.15, 0.2) is 23.4 Å². The number of amides is 1. The van der Waals surface area contributed by atoms with Gasteiger partial charge in [-0.1, -0.05) is 20.8 Å². The zero-order valence-electron chi connectivity index (χ0n) is 13.8. The van der Waals surface area contributed by atoms with Crippen LogP contribution in [0.1, 0.15) is 51.9 Å². The van der Waals surface area contributed by atoms with Crippen LogP contribution < -0.4 is 0 Å². The van der Waals surface area contributed by atoms with Gasteiger partial charge in [0.15, 0.2) is 0 Å². The van der Waals surface area contributed by atoms with Gasteiger partial charge in [0.2, 0.25) is 0 Å². The highest BCUT2D eigenvalue weighted by atomic mass is 32.2. The van der Waals surface area contributed by atoms with Crippen molar-refractivity contribution in [2.75, 3.05) is 6.54 Å². The fraction of sp³-hybridized carbons (Fsp3) is 0.625. The Labute approximate surface area is 132 Å². The summed E-state index contributed by atoms with van der Waals surface area (Å²) in [7, 11) is 0. The number of carbonyl (C=O) groups excluding carboxylic acids is 1. The van der Waals surface area contributed by atoms with Crippen LogP contribution in [0.25, 0.3) is 0 Å². The third kappa shape index (κ3) is 6.06. The van der Waals surface area contributed by atoms with E-state index in [9.17, 15) is 9.90 Å². The Morgan fingerprint density at radius 3 is 2.48 bits per heavy atom. The third-order valence-electron chi connectivity index (χ3n) is 2.74. The van der Waals surface area contributed by atoms with E-state index in [1.165, 1.54) is 0 Å². The van der Waals surface area contributed by atoms with Crippen LogP contribution in [0.3, 0.4) is 0 Å². The number of rotatable bonds is 5. The summed E-state index contributed by atoms with van der Waals surface area (Å²) in [6, 6.07) is 3.60. The molecule has 1 aromatic rings. The molecule has 0 aliphatic carbocycles. The van der Waals surface area contributed by atoms with Crippen molar-refractivity contribution in [1.82, 2.24) is 9.88 Å². The van der Waals surface area contributed by atoms with Crippen molar-refractivity contribution < 1.29 is 9.90 Å². The predicted molar refractivity (Wildman–Crippen MR) is 87.7 cm³/mol. The van der Waals surface area contributed by atoms with Crippen molar-refractivity contribution in [3.63, 3.8) is 0 Å². The lowest BCUT2D eigenvalue weighted by atomic mass is 10.2. The minimum atomic E-state index is -0.540. The molecule has 118 valence electrons. The summed E-state index contributed by atoms with van der Waals surface area (Å²) in [5, 5.41) is 10.4. The molecule has 1 amide bonds. The van der Waals surface area contributed by atoms with Gasteiger partial charge in [0.05, 0.1) is 11.1 Å². The standard InChI is InChI=1S/C16H26N2O2S/c1-11(2)18(10-12(3)19)15(20)13-7-8-17-14(9-13)21-16(4,5)6/h7-9,11-12,19H,10H2,1-6H3. The molecule has 1 rings (SSSR count). The number of hydrogen-bond donors (Lipinski definition) is 1. The Balaban J connectivity index is 2.97. The van der Waals surface area contributed by atoms with E-state index < -0.39 is 6.10 Å². The van der Waals surface area contributed by atoms with Crippen molar-refractivity contribution in [3.05, 3.63) is 23.9 Å². The SMILES string of the molecule is CC(O)CN(C(=O)c1ccnc(SC(C)(C)C)c1)C(C)C. The van der Waals surface area contributed by atoms with Crippen LogP contribution in [-0.4, -0.2) is 44.3 Å². The van der Waals surface area contributed by atoms with Gasteiger partial charge in [0, 0.05) is 29.1 Å². The highest BCUT2D eigenvalue weighted by Crippen LogP contribution is 2.30. The number of aliphatic hydroxyl groups is 1. The van der Waals surface area contributed by atoms with E-state index >= 15 is 0 Å². The Morgan fingerprint density at radius 2 is 2.00 bits per heavy atom. The van der Waals surface area contributed by atoms with Crippen LogP contribution in [-0.2, 0) is 0 Å². The lowest BCUT2D eigenvalue weighted by Gasteiger charge is -2.28. The molecular formula is C16H26N2O2S. The number of carbonyl (C=O) groups is 1. The molecule has 1 atom stereocenters. The Hall–Kier alpha value is -1.07. The van der Waals surface area contributed by atoms with E-state index in [-0.39, 0.29) is 16.7 Å². The Bertz CT molecular complexity index is 481. The molecule has 21 heavy (non-hydrogen) atoms. The molecule has 0 saturated heterocycles. The number of pyridine rings is 1. The van der Waals surface area contributed by atoms with Gasteiger partial charge in [-0.3, -0.25) is 4.79 Å². The summed E-state index contributed by atoms with van der Waals surface area (Å²) < 4.78 is 0.0476. The molecule has 0 spiro atoms. The molecule has 4 nitrogen and oxygen atoms in total. The van der Waals surface area contributed by atoms with Gasteiger partial charge >= 0.3 is 0 Å². The smallest absolute Gasteiger partial charge is 0.254 e. The fourth-order valence-electron chi connectivity index (χ4n) is 1.89. The van der Waals surface area contributed by atoms with Crippen LogP contribution in [0.5, 0.6) is 0 Å². The van der Waals surface area contributed by atoms with Gasteiger partial charge in [-0.05, 0) is 32.9 Å². The monoisotopic (exact) mass is 310 g/mol. The maximum Gasteiger partial charge on any atom is 0.254 e. The van der Waals surface area contributed by atoms with Crippen molar-refractivity contribution in [2.45, 2.75) is 63.5 Å². The van der Waals surface area contributed by atoms with Crippen LogP contribution in [0, 0.1) is 0 Å². The molecule has 0 radical (unpaired) electrons. The molecule has 1 aromatic heterocycles. The molecule has 0 aromatic carbocycles. The second kappa shape index (κ2) is 7.27. The number of nitrogens with zero attached hydrogens (tertiary/aromatic N) is 2. The molecule has 5 heteroatoms.